The van der Waals surface area contributed by atoms with E-state index in [2.05, 4.69) is 10.3 Å². The zero-order valence-electron chi connectivity index (χ0n) is 11.7. The summed E-state index contributed by atoms with van der Waals surface area (Å²) < 4.78 is 0. The van der Waals surface area contributed by atoms with Gasteiger partial charge in [0.05, 0.1) is 11.1 Å². The van der Waals surface area contributed by atoms with E-state index in [0.29, 0.717) is 18.5 Å². The number of rotatable bonds is 7. The lowest BCUT2D eigenvalue weighted by molar-refractivity contribution is -0.137. The fourth-order valence-electron chi connectivity index (χ4n) is 2.17. The van der Waals surface area contributed by atoms with E-state index >= 15 is 0 Å². The summed E-state index contributed by atoms with van der Waals surface area (Å²) in [5.74, 6) is -0.894. The van der Waals surface area contributed by atoms with Gasteiger partial charge in [-0.25, -0.2) is 0 Å². The summed E-state index contributed by atoms with van der Waals surface area (Å²) in [5, 5.41) is 12.2. The summed E-state index contributed by atoms with van der Waals surface area (Å²) in [6, 6.07) is 9.23. The average molecular weight is 286 g/mol. The smallest absolute Gasteiger partial charge is 0.303 e. The molecule has 0 radical (unpaired) electrons. The molecule has 1 aromatic carbocycles. The Balaban J connectivity index is 1.87. The number of pyridine rings is 1. The highest BCUT2D eigenvalue weighted by molar-refractivity contribution is 6.05. The number of carboxylic acid groups (broad SMARTS) is 1. The lowest BCUT2D eigenvalue weighted by atomic mass is 10.1. The molecule has 5 nitrogen and oxygen atoms in total. The molecule has 0 aliphatic carbocycles. The van der Waals surface area contributed by atoms with Gasteiger partial charge in [0.15, 0.2) is 0 Å². The highest BCUT2D eigenvalue weighted by atomic mass is 16.4. The molecule has 0 aliphatic heterocycles. The van der Waals surface area contributed by atoms with E-state index in [1.165, 1.54) is 0 Å². The Morgan fingerprint density at radius 3 is 2.71 bits per heavy atom. The second kappa shape index (κ2) is 7.38. The molecule has 0 saturated carbocycles. The zero-order chi connectivity index (χ0) is 15.1. The molecule has 1 amide bonds. The van der Waals surface area contributed by atoms with Crippen LogP contribution in [0.4, 0.5) is 0 Å². The largest absolute Gasteiger partial charge is 0.481 e. The van der Waals surface area contributed by atoms with Gasteiger partial charge < -0.3 is 10.4 Å². The molecule has 0 saturated heterocycles. The molecule has 21 heavy (non-hydrogen) atoms. The first-order chi connectivity index (χ1) is 10.2. The van der Waals surface area contributed by atoms with Crippen molar-refractivity contribution in [1.29, 1.82) is 0 Å². The molecule has 1 aromatic heterocycles. The van der Waals surface area contributed by atoms with Crippen LogP contribution in [-0.4, -0.2) is 28.5 Å². The van der Waals surface area contributed by atoms with Gasteiger partial charge in [-0.1, -0.05) is 24.6 Å². The molecule has 2 aromatic rings. The molecule has 110 valence electrons. The Hall–Kier alpha value is -2.43. The third-order valence-corrected chi connectivity index (χ3v) is 3.25. The van der Waals surface area contributed by atoms with Crippen LogP contribution in [0.5, 0.6) is 0 Å². The van der Waals surface area contributed by atoms with Gasteiger partial charge in [0.1, 0.15) is 0 Å². The SMILES string of the molecule is O=C(O)CCCCCNC(=O)c1ccnc2ccccc12. The van der Waals surface area contributed by atoms with Gasteiger partial charge in [-0.3, -0.25) is 14.6 Å². The maximum atomic E-state index is 12.2. The summed E-state index contributed by atoms with van der Waals surface area (Å²) in [7, 11) is 0. The number of aliphatic carboxylic acids is 1. The zero-order valence-corrected chi connectivity index (χ0v) is 11.7. The Bertz CT molecular complexity index is 635. The molecule has 0 fully saturated rings. The first-order valence-corrected chi connectivity index (χ1v) is 7.02. The molecule has 2 rings (SSSR count). The molecule has 0 spiro atoms. The second-order valence-corrected chi connectivity index (χ2v) is 4.84. The number of aromatic nitrogens is 1. The Kier molecular flexibility index (Phi) is 5.26. The van der Waals surface area contributed by atoms with E-state index in [1.54, 1.807) is 12.3 Å². The van der Waals surface area contributed by atoms with Crippen molar-refractivity contribution in [2.45, 2.75) is 25.7 Å². The van der Waals surface area contributed by atoms with Crippen LogP contribution in [0.15, 0.2) is 36.5 Å². The van der Waals surface area contributed by atoms with Gasteiger partial charge in [0, 0.05) is 24.5 Å². The summed E-state index contributed by atoms with van der Waals surface area (Å²) in [5.41, 5.74) is 1.41. The number of para-hydroxylation sites is 1. The van der Waals surface area contributed by atoms with E-state index in [1.807, 2.05) is 24.3 Å². The van der Waals surface area contributed by atoms with Crippen molar-refractivity contribution in [1.82, 2.24) is 10.3 Å². The highest BCUT2D eigenvalue weighted by Gasteiger charge is 2.09. The van der Waals surface area contributed by atoms with E-state index in [0.717, 1.165) is 23.7 Å². The molecule has 0 aliphatic rings. The maximum Gasteiger partial charge on any atom is 0.303 e. The molecular weight excluding hydrogens is 268 g/mol. The number of nitrogens with zero attached hydrogens (tertiary/aromatic N) is 1. The summed E-state index contributed by atoms with van der Waals surface area (Å²) in [6.45, 7) is 0.551. The van der Waals surface area contributed by atoms with Crippen molar-refractivity contribution in [3.05, 3.63) is 42.1 Å². The standard InChI is InChI=1S/C16H18N2O3/c19-15(20)8-2-1-5-10-18-16(21)13-9-11-17-14-7-4-3-6-12(13)14/h3-4,6-7,9,11H,1-2,5,8,10H2,(H,18,21)(H,19,20). The number of benzene rings is 1. The van der Waals surface area contributed by atoms with Gasteiger partial charge in [-0.2, -0.15) is 0 Å². The number of nitrogens with one attached hydrogen (secondary N) is 1. The predicted octanol–water partition coefficient (Wildman–Crippen LogP) is 2.61. The van der Waals surface area contributed by atoms with Crippen molar-refractivity contribution < 1.29 is 14.7 Å². The van der Waals surface area contributed by atoms with Gasteiger partial charge in [0.2, 0.25) is 0 Å². The van der Waals surface area contributed by atoms with E-state index < -0.39 is 5.97 Å². The van der Waals surface area contributed by atoms with Crippen LogP contribution in [0, 0.1) is 0 Å². The van der Waals surface area contributed by atoms with Crippen LogP contribution in [0.1, 0.15) is 36.0 Å². The highest BCUT2D eigenvalue weighted by Crippen LogP contribution is 2.15. The van der Waals surface area contributed by atoms with Gasteiger partial charge in [-0.15, -0.1) is 0 Å². The molecular formula is C16H18N2O3. The van der Waals surface area contributed by atoms with Crippen LogP contribution in [0.25, 0.3) is 10.9 Å². The summed E-state index contributed by atoms with van der Waals surface area (Å²) in [4.78, 5) is 26.8. The fraction of sp³-hybridized carbons (Fsp3) is 0.312. The molecule has 5 heteroatoms. The number of hydrogen-bond donors (Lipinski definition) is 2. The molecule has 0 atom stereocenters. The Labute approximate surface area is 123 Å². The average Bonchev–Trinajstić information content (AvgIpc) is 2.49. The van der Waals surface area contributed by atoms with Gasteiger partial charge >= 0.3 is 5.97 Å². The molecule has 1 heterocycles. The number of carboxylic acids is 1. The predicted molar refractivity (Wildman–Crippen MR) is 80.2 cm³/mol. The Morgan fingerprint density at radius 2 is 1.90 bits per heavy atom. The minimum Gasteiger partial charge on any atom is -0.481 e. The third kappa shape index (κ3) is 4.27. The lowest BCUT2D eigenvalue weighted by Gasteiger charge is -2.07. The molecule has 2 N–H and O–H groups in total. The molecule has 0 unspecified atom stereocenters. The minimum atomic E-state index is -0.776. The maximum absolute atomic E-state index is 12.2. The second-order valence-electron chi connectivity index (χ2n) is 4.84. The summed E-state index contributed by atoms with van der Waals surface area (Å²) in [6.07, 6.45) is 4.03. The van der Waals surface area contributed by atoms with E-state index in [9.17, 15) is 9.59 Å². The number of carbonyl (C=O) groups excluding carboxylic acids is 1. The number of fused-ring (bicyclic) bond motifs is 1. The summed E-state index contributed by atoms with van der Waals surface area (Å²) >= 11 is 0. The van der Waals surface area contributed by atoms with Gasteiger partial charge in [0.25, 0.3) is 5.91 Å². The Morgan fingerprint density at radius 1 is 1.10 bits per heavy atom. The van der Waals surface area contributed by atoms with Crippen LogP contribution in [0.3, 0.4) is 0 Å². The lowest BCUT2D eigenvalue weighted by Crippen LogP contribution is -2.24. The fourth-order valence-corrected chi connectivity index (χ4v) is 2.17. The minimum absolute atomic E-state index is 0.119. The van der Waals surface area contributed by atoms with E-state index in [4.69, 9.17) is 5.11 Å². The van der Waals surface area contributed by atoms with Crippen molar-refractivity contribution in [3.8, 4) is 0 Å². The van der Waals surface area contributed by atoms with Crippen molar-refractivity contribution in [2.24, 2.45) is 0 Å². The quantitative estimate of drug-likeness (QED) is 0.767. The molecule has 0 bridgehead atoms. The van der Waals surface area contributed by atoms with Crippen LogP contribution < -0.4 is 5.32 Å². The van der Waals surface area contributed by atoms with Crippen molar-refractivity contribution >= 4 is 22.8 Å². The van der Waals surface area contributed by atoms with E-state index in [-0.39, 0.29) is 12.3 Å². The number of unbranched alkanes of at least 4 members (excludes halogenated alkanes) is 2. The first-order valence-electron chi connectivity index (χ1n) is 7.02. The van der Waals surface area contributed by atoms with Crippen molar-refractivity contribution in [3.63, 3.8) is 0 Å². The third-order valence-electron chi connectivity index (χ3n) is 3.25. The number of hydrogen-bond acceptors (Lipinski definition) is 3. The topological polar surface area (TPSA) is 79.3 Å². The van der Waals surface area contributed by atoms with Crippen LogP contribution in [-0.2, 0) is 4.79 Å². The first kappa shape index (κ1) is 15.0. The monoisotopic (exact) mass is 286 g/mol. The van der Waals surface area contributed by atoms with Crippen molar-refractivity contribution in [2.75, 3.05) is 6.54 Å². The van der Waals surface area contributed by atoms with Gasteiger partial charge in [-0.05, 0) is 25.0 Å². The normalized spacial score (nSPS) is 10.5. The van der Waals surface area contributed by atoms with Crippen LogP contribution in [0.2, 0.25) is 0 Å². The number of amides is 1. The van der Waals surface area contributed by atoms with Crippen LogP contribution >= 0.6 is 0 Å². The number of carbonyl (C=O) groups is 2.